The molecule has 0 aliphatic heterocycles. The normalized spacial score (nSPS) is 11.2. The van der Waals surface area contributed by atoms with Crippen LogP contribution in [0.2, 0.25) is 0 Å². The van der Waals surface area contributed by atoms with E-state index in [0.717, 1.165) is 6.07 Å². The Hall–Kier alpha value is -2.22. The number of pyridine rings is 1. The molecular formula is C13H9F4N3S. The summed E-state index contributed by atoms with van der Waals surface area (Å²) in [5, 5.41) is 2.65. The summed E-state index contributed by atoms with van der Waals surface area (Å²) >= 11 is 4.83. The average molecular weight is 315 g/mol. The van der Waals surface area contributed by atoms with Crippen LogP contribution in [0.1, 0.15) is 11.1 Å². The second-order valence-electron chi connectivity index (χ2n) is 4.08. The van der Waals surface area contributed by atoms with Crippen LogP contribution in [0.3, 0.4) is 0 Å². The summed E-state index contributed by atoms with van der Waals surface area (Å²) in [4.78, 5) is 4.00. The Morgan fingerprint density at radius 3 is 2.57 bits per heavy atom. The van der Waals surface area contributed by atoms with Crippen LogP contribution in [0, 0.1) is 5.82 Å². The van der Waals surface area contributed by atoms with Crippen molar-refractivity contribution < 1.29 is 17.6 Å². The standard InChI is InChI=1S/C13H9F4N3S/c14-10-4-3-7(6-9(10)13(15,16)17)20-12-8(11(18)21)2-1-5-19-12/h1-6H,(H2,18,21)(H,19,20). The van der Waals surface area contributed by atoms with Crippen LogP contribution in [0.4, 0.5) is 29.1 Å². The first-order chi connectivity index (χ1) is 9.79. The number of benzene rings is 1. The Kier molecular flexibility index (Phi) is 4.08. The van der Waals surface area contributed by atoms with Crippen LogP contribution in [0.25, 0.3) is 0 Å². The van der Waals surface area contributed by atoms with Crippen molar-refractivity contribution in [2.24, 2.45) is 5.73 Å². The fourth-order valence-electron chi connectivity index (χ4n) is 1.66. The Morgan fingerprint density at radius 2 is 1.95 bits per heavy atom. The first-order valence-corrected chi connectivity index (χ1v) is 6.08. The van der Waals surface area contributed by atoms with Gasteiger partial charge < -0.3 is 11.1 Å². The Labute approximate surface area is 122 Å². The number of nitrogens with one attached hydrogen (secondary N) is 1. The van der Waals surface area contributed by atoms with Crippen molar-refractivity contribution >= 4 is 28.7 Å². The van der Waals surface area contributed by atoms with Crippen molar-refractivity contribution in [3.63, 3.8) is 0 Å². The Bertz CT molecular complexity index is 685. The van der Waals surface area contributed by atoms with Crippen molar-refractivity contribution in [1.82, 2.24) is 4.98 Å². The summed E-state index contributed by atoms with van der Waals surface area (Å²) in [6, 6.07) is 5.72. The predicted molar refractivity (Wildman–Crippen MR) is 74.8 cm³/mol. The summed E-state index contributed by atoms with van der Waals surface area (Å²) in [7, 11) is 0. The molecule has 0 amide bonds. The summed E-state index contributed by atoms with van der Waals surface area (Å²) in [5.74, 6) is -1.15. The lowest BCUT2D eigenvalue weighted by molar-refractivity contribution is -0.139. The van der Waals surface area contributed by atoms with Gasteiger partial charge in [-0.1, -0.05) is 12.2 Å². The van der Waals surface area contributed by atoms with E-state index >= 15 is 0 Å². The van der Waals surface area contributed by atoms with Gasteiger partial charge >= 0.3 is 6.18 Å². The number of aromatic nitrogens is 1. The van der Waals surface area contributed by atoms with E-state index < -0.39 is 17.6 Å². The number of hydrogen-bond donors (Lipinski definition) is 2. The van der Waals surface area contributed by atoms with Gasteiger partial charge in [-0.25, -0.2) is 9.37 Å². The molecule has 110 valence electrons. The predicted octanol–water partition coefficient (Wildman–Crippen LogP) is 3.62. The van der Waals surface area contributed by atoms with Crippen molar-refractivity contribution in [2.75, 3.05) is 5.32 Å². The average Bonchev–Trinajstić information content (AvgIpc) is 2.40. The van der Waals surface area contributed by atoms with E-state index in [9.17, 15) is 17.6 Å². The molecule has 8 heteroatoms. The fourth-order valence-corrected chi connectivity index (χ4v) is 1.83. The highest BCUT2D eigenvalue weighted by Gasteiger charge is 2.34. The second-order valence-corrected chi connectivity index (χ2v) is 4.52. The molecule has 0 fully saturated rings. The van der Waals surface area contributed by atoms with Gasteiger partial charge in [0.1, 0.15) is 16.6 Å². The highest BCUT2D eigenvalue weighted by molar-refractivity contribution is 7.80. The number of nitrogens with zero attached hydrogens (tertiary/aromatic N) is 1. The molecule has 0 saturated carbocycles. The van der Waals surface area contributed by atoms with Gasteiger partial charge in [0, 0.05) is 11.9 Å². The van der Waals surface area contributed by atoms with E-state index in [1.54, 1.807) is 12.1 Å². The lowest BCUT2D eigenvalue weighted by Gasteiger charge is -2.13. The number of thiocarbonyl (C=S) groups is 1. The van der Waals surface area contributed by atoms with Gasteiger partial charge in [-0.2, -0.15) is 13.2 Å². The van der Waals surface area contributed by atoms with Gasteiger partial charge in [-0.05, 0) is 30.3 Å². The molecule has 1 heterocycles. The molecular weight excluding hydrogens is 306 g/mol. The van der Waals surface area contributed by atoms with Crippen LogP contribution in [0.15, 0.2) is 36.5 Å². The molecule has 1 aromatic carbocycles. The van der Waals surface area contributed by atoms with Crippen LogP contribution >= 0.6 is 12.2 Å². The molecule has 0 spiro atoms. The van der Waals surface area contributed by atoms with Crippen molar-refractivity contribution in [3.8, 4) is 0 Å². The van der Waals surface area contributed by atoms with Gasteiger partial charge in [0.2, 0.25) is 0 Å². The molecule has 3 N–H and O–H groups in total. The molecule has 0 atom stereocenters. The summed E-state index contributed by atoms with van der Waals surface area (Å²) in [6.45, 7) is 0. The maximum atomic E-state index is 13.2. The van der Waals surface area contributed by atoms with Crippen LogP contribution in [-0.2, 0) is 6.18 Å². The Morgan fingerprint density at radius 1 is 1.24 bits per heavy atom. The highest BCUT2D eigenvalue weighted by Crippen LogP contribution is 2.33. The molecule has 0 radical (unpaired) electrons. The van der Waals surface area contributed by atoms with Gasteiger partial charge in [0.05, 0.1) is 11.1 Å². The van der Waals surface area contributed by atoms with Gasteiger partial charge in [0.25, 0.3) is 0 Å². The third-order valence-electron chi connectivity index (χ3n) is 2.61. The number of rotatable bonds is 3. The van der Waals surface area contributed by atoms with E-state index in [1.807, 2.05) is 0 Å². The van der Waals surface area contributed by atoms with Crippen molar-refractivity contribution in [2.45, 2.75) is 6.18 Å². The third-order valence-corrected chi connectivity index (χ3v) is 2.83. The monoisotopic (exact) mass is 315 g/mol. The number of halogens is 4. The topological polar surface area (TPSA) is 50.9 Å². The molecule has 1 aromatic heterocycles. The third kappa shape index (κ3) is 3.46. The van der Waals surface area contributed by atoms with E-state index in [-0.39, 0.29) is 16.5 Å². The van der Waals surface area contributed by atoms with Gasteiger partial charge in [-0.3, -0.25) is 0 Å². The molecule has 0 unspecified atom stereocenters. The van der Waals surface area contributed by atoms with Crippen molar-refractivity contribution in [3.05, 3.63) is 53.5 Å². The molecule has 21 heavy (non-hydrogen) atoms. The zero-order valence-corrected chi connectivity index (χ0v) is 11.2. The first kappa shape index (κ1) is 15.2. The highest BCUT2D eigenvalue weighted by atomic mass is 32.1. The zero-order chi connectivity index (χ0) is 15.6. The van der Waals surface area contributed by atoms with Crippen LogP contribution in [0.5, 0.6) is 0 Å². The first-order valence-electron chi connectivity index (χ1n) is 5.67. The minimum atomic E-state index is -4.78. The lowest BCUT2D eigenvalue weighted by atomic mass is 10.1. The number of anilines is 2. The van der Waals surface area contributed by atoms with Crippen LogP contribution in [-0.4, -0.2) is 9.97 Å². The lowest BCUT2D eigenvalue weighted by Crippen LogP contribution is -2.13. The smallest absolute Gasteiger partial charge is 0.389 e. The molecule has 0 bridgehead atoms. The number of hydrogen-bond acceptors (Lipinski definition) is 3. The van der Waals surface area contributed by atoms with E-state index in [2.05, 4.69) is 10.3 Å². The van der Waals surface area contributed by atoms with Gasteiger partial charge in [-0.15, -0.1) is 0 Å². The molecule has 3 nitrogen and oxygen atoms in total. The van der Waals surface area contributed by atoms with E-state index in [1.165, 1.54) is 12.3 Å². The molecule has 0 saturated heterocycles. The summed E-state index contributed by atoms with van der Waals surface area (Å²) in [6.07, 6.45) is -3.35. The molecule has 0 aliphatic rings. The van der Waals surface area contributed by atoms with Crippen LogP contribution < -0.4 is 11.1 Å². The molecule has 2 aromatic rings. The van der Waals surface area contributed by atoms with Gasteiger partial charge in [0.15, 0.2) is 0 Å². The fraction of sp³-hybridized carbons (Fsp3) is 0.0769. The molecule has 0 aliphatic carbocycles. The summed E-state index contributed by atoms with van der Waals surface area (Å²) in [5.41, 5.74) is 4.55. The second kappa shape index (κ2) is 5.65. The minimum absolute atomic E-state index is 0.0277. The largest absolute Gasteiger partial charge is 0.419 e. The SMILES string of the molecule is NC(=S)c1cccnc1Nc1ccc(F)c(C(F)(F)F)c1. The minimum Gasteiger partial charge on any atom is -0.389 e. The zero-order valence-electron chi connectivity index (χ0n) is 10.4. The number of alkyl halides is 3. The maximum absolute atomic E-state index is 13.2. The number of nitrogens with two attached hydrogens (primary N) is 1. The summed E-state index contributed by atoms with van der Waals surface area (Å²) < 4.78 is 51.2. The quantitative estimate of drug-likeness (QED) is 0.671. The van der Waals surface area contributed by atoms with E-state index in [4.69, 9.17) is 18.0 Å². The molecule has 2 rings (SSSR count). The Balaban J connectivity index is 2.40. The van der Waals surface area contributed by atoms with E-state index in [0.29, 0.717) is 11.6 Å². The maximum Gasteiger partial charge on any atom is 0.419 e. The van der Waals surface area contributed by atoms with Crippen molar-refractivity contribution in [1.29, 1.82) is 0 Å².